The van der Waals surface area contributed by atoms with Crippen LogP contribution in [0, 0.1) is 0 Å². The van der Waals surface area contributed by atoms with Crippen molar-refractivity contribution < 1.29 is 13.2 Å². The van der Waals surface area contributed by atoms with Crippen molar-refractivity contribution in [2.24, 2.45) is 5.73 Å². The van der Waals surface area contributed by atoms with Gasteiger partial charge in [-0.25, -0.2) is 0 Å². The van der Waals surface area contributed by atoms with Crippen molar-refractivity contribution in [3.8, 4) is 0 Å². The van der Waals surface area contributed by atoms with Crippen LogP contribution in [0.2, 0.25) is 0 Å². The minimum atomic E-state index is -4.03. The molecule has 1 saturated carbocycles. The Morgan fingerprint density at radius 2 is 1.86 bits per heavy atom. The molecule has 0 aromatic heterocycles. The van der Waals surface area contributed by atoms with E-state index in [0.717, 1.165) is 19.3 Å². The van der Waals surface area contributed by atoms with Crippen molar-refractivity contribution in [1.29, 1.82) is 0 Å². The Labute approximate surface area is 82.2 Å². The molecule has 1 aliphatic carbocycles. The summed E-state index contributed by atoms with van der Waals surface area (Å²) >= 11 is 0. The predicted molar refractivity (Wildman–Crippen MR) is 48.9 cm³/mol. The SMILES string of the molecule is NCCCN(CCC(F)(F)F)C1CC1. The maximum Gasteiger partial charge on any atom is 0.390 e. The Balaban J connectivity index is 2.21. The predicted octanol–water partition coefficient (Wildman–Crippen LogP) is 1.75. The van der Waals surface area contributed by atoms with Gasteiger partial charge in [-0.05, 0) is 32.4 Å². The van der Waals surface area contributed by atoms with Gasteiger partial charge in [0, 0.05) is 12.6 Å². The molecule has 84 valence electrons. The summed E-state index contributed by atoms with van der Waals surface area (Å²) < 4.78 is 35.9. The average Bonchev–Trinajstić information content (AvgIpc) is 2.86. The smallest absolute Gasteiger partial charge is 0.330 e. The van der Waals surface area contributed by atoms with Gasteiger partial charge in [0.1, 0.15) is 0 Å². The van der Waals surface area contributed by atoms with Crippen molar-refractivity contribution >= 4 is 0 Å². The Morgan fingerprint density at radius 3 is 2.29 bits per heavy atom. The summed E-state index contributed by atoms with van der Waals surface area (Å²) in [6, 6.07) is 0.392. The van der Waals surface area contributed by atoms with Crippen LogP contribution >= 0.6 is 0 Å². The fourth-order valence-electron chi connectivity index (χ4n) is 1.48. The molecule has 1 fully saturated rings. The number of hydrogen-bond donors (Lipinski definition) is 1. The molecule has 5 heteroatoms. The molecule has 0 heterocycles. The third kappa shape index (κ3) is 4.81. The van der Waals surface area contributed by atoms with Crippen LogP contribution in [0.1, 0.15) is 25.7 Å². The molecule has 0 amide bonds. The minimum Gasteiger partial charge on any atom is -0.330 e. The molecule has 2 nitrogen and oxygen atoms in total. The van der Waals surface area contributed by atoms with Gasteiger partial charge < -0.3 is 10.6 Å². The highest BCUT2D eigenvalue weighted by molar-refractivity contribution is 4.84. The Bertz CT molecular complexity index is 166. The highest BCUT2D eigenvalue weighted by Crippen LogP contribution is 2.29. The van der Waals surface area contributed by atoms with Crippen LogP contribution in [-0.2, 0) is 0 Å². The number of alkyl halides is 3. The summed E-state index contributed by atoms with van der Waals surface area (Å²) in [6.07, 6.45) is -1.86. The molecule has 1 aliphatic rings. The van der Waals surface area contributed by atoms with Crippen LogP contribution in [0.3, 0.4) is 0 Å². The minimum absolute atomic E-state index is 0.133. The van der Waals surface area contributed by atoms with E-state index < -0.39 is 12.6 Å². The monoisotopic (exact) mass is 210 g/mol. The summed E-state index contributed by atoms with van der Waals surface area (Å²) in [5.41, 5.74) is 5.33. The van der Waals surface area contributed by atoms with Crippen LogP contribution in [0.4, 0.5) is 13.2 Å². The Morgan fingerprint density at radius 1 is 1.21 bits per heavy atom. The molecule has 0 unspecified atom stereocenters. The van der Waals surface area contributed by atoms with E-state index in [9.17, 15) is 13.2 Å². The topological polar surface area (TPSA) is 29.3 Å². The molecule has 0 aliphatic heterocycles. The quantitative estimate of drug-likeness (QED) is 0.723. The number of halogens is 3. The largest absolute Gasteiger partial charge is 0.390 e. The maximum absolute atomic E-state index is 12.0. The summed E-state index contributed by atoms with van der Waals surface area (Å²) in [5.74, 6) is 0. The lowest BCUT2D eigenvalue weighted by molar-refractivity contribution is -0.138. The van der Waals surface area contributed by atoms with E-state index in [0.29, 0.717) is 19.1 Å². The number of nitrogens with zero attached hydrogens (tertiary/aromatic N) is 1. The molecular formula is C9H17F3N2. The van der Waals surface area contributed by atoms with E-state index in [2.05, 4.69) is 0 Å². The van der Waals surface area contributed by atoms with Crippen molar-refractivity contribution in [3.05, 3.63) is 0 Å². The molecule has 0 spiro atoms. The molecule has 0 saturated heterocycles. The number of nitrogens with two attached hydrogens (primary N) is 1. The number of hydrogen-bond acceptors (Lipinski definition) is 2. The first kappa shape index (κ1) is 11.8. The van der Waals surface area contributed by atoms with Crippen LogP contribution in [-0.4, -0.2) is 36.8 Å². The molecular weight excluding hydrogens is 193 g/mol. The normalized spacial score (nSPS) is 17.8. The van der Waals surface area contributed by atoms with E-state index in [-0.39, 0.29) is 6.54 Å². The summed E-state index contributed by atoms with van der Waals surface area (Å²) in [5, 5.41) is 0. The van der Waals surface area contributed by atoms with E-state index in [1.54, 1.807) is 0 Å². The van der Waals surface area contributed by atoms with E-state index >= 15 is 0 Å². The zero-order chi connectivity index (χ0) is 10.6. The molecule has 0 aromatic rings. The summed E-state index contributed by atoms with van der Waals surface area (Å²) in [6.45, 7) is 1.39. The third-order valence-electron chi connectivity index (χ3n) is 2.40. The van der Waals surface area contributed by atoms with Gasteiger partial charge in [-0.15, -0.1) is 0 Å². The highest BCUT2D eigenvalue weighted by Gasteiger charge is 2.33. The van der Waals surface area contributed by atoms with Crippen LogP contribution < -0.4 is 5.73 Å². The van der Waals surface area contributed by atoms with Crippen molar-refractivity contribution in [1.82, 2.24) is 4.90 Å². The summed E-state index contributed by atoms with van der Waals surface area (Å²) in [7, 11) is 0. The Hall–Kier alpha value is -0.290. The van der Waals surface area contributed by atoms with Gasteiger partial charge in [-0.1, -0.05) is 0 Å². The molecule has 0 radical (unpaired) electrons. The second-order valence-corrected chi connectivity index (χ2v) is 3.77. The van der Waals surface area contributed by atoms with Crippen LogP contribution in [0.25, 0.3) is 0 Å². The molecule has 2 N–H and O–H groups in total. The van der Waals surface area contributed by atoms with Gasteiger partial charge >= 0.3 is 6.18 Å². The molecule has 1 rings (SSSR count). The van der Waals surface area contributed by atoms with E-state index in [1.807, 2.05) is 4.90 Å². The second kappa shape index (κ2) is 4.98. The van der Waals surface area contributed by atoms with Crippen molar-refractivity contribution in [2.45, 2.75) is 37.9 Å². The van der Waals surface area contributed by atoms with Gasteiger partial charge in [0.2, 0.25) is 0 Å². The van der Waals surface area contributed by atoms with Gasteiger partial charge in [0.25, 0.3) is 0 Å². The lowest BCUT2D eigenvalue weighted by Crippen LogP contribution is -2.32. The molecule has 14 heavy (non-hydrogen) atoms. The van der Waals surface area contributed by atoms with E-state index in [1.165, 1.54) is 0 Å². The molecule has 0 aromatic carbocycles. The zero-order valence-electron chi connectivity index (χ0n) is 8.19. The zero-order valence-corrected chi connectivity index (χ0v) is 8.19. The highest BCUT2D eigenvalue weighted by atomic mass is 19.4. The Kier molecular flexibility index (Phi) is 4.19. The fourth-order valence-corrected chi connectivity index (χ4v) is 1.48. The first-order valence-electron chi connectivity index (χ1n) is 5.04. The van der Waals surface area contributed by atoms with Gasteiger partial charge in [0.15, 0.2) is 0 Å². The van der Waals surface area contributed by atoms with Gasteiger partial charge in [0.05, 0.1) is 6.42 Å². The molecule has 0 atom stereocenters. The average molecular weight is 210 g/mol. The van der Waals surface area contributed by atoms with Crippen molar-refractivity contribution in [2.75, 3.05) is 19.6 Å². The lowest BCUT2D eigenvalue weighted by atomic mass is 10.3. The standard InChI is InChI=1S/C9H17F3N2/c10-9(11,12)4-7-14(6-1-5-13)8-2-3-8/h8H,1-7,13H2. The third-order valence-corrected chi connectivity index (χ3v) is 2.40. The van der Waals surface area contributed by atoms with Crippen LogP contribution in [0.5, 0.6) is 0 Å². The number of rotatable bonds is 6. The fraction of sp³-hybridized carbons (Fsp3) is 1.00. The van der Waals surface area contributed by atoms with Crippen molar-refractivity contribution in [3.63, 3.8) is 0 Å². The maximum atomic E-state index is 12.0. The first-order chi connectivity index (χ1) is 6.53. The summed E-state index contributed by atoms with van der Waals surface area (Å²) in [4.78, 5) is 1.92. The second-order valence-electron chi connectivity index (χ2n) is 3.77. The first-order valence-corrected chi connectivity index (χ1v) is 5.04. The molecule has 0 bridgehead atoms. The van der Waals surface area contributed by atoms with Gasteiger partial charge in [-0.3, -0.25) is 0 Å². The van der Waals surface area contributed by atoms with Gasteiger partial charge in [-0.2, -0.15) is 13.2 Å². The lowest BCUT2D eigenvalue weighted by Gasteiger charge is -2.22. The van der Waals surface area contributed by atoms with E-state index in [4.69, 9.17) is 5.73 Å². The van der Waals surface area contributed by atoms with Crippen LogP contribution in [0.15, 0.2) is 0 Å².